The molecule has 3 rings (SSSR count). The number of rotatable bonds is 2. The molecule has 20 heavy (non-hydrogen) atoms. The van der Waals surface area contributed by atoms with Crippen molar-refractivity contribution in [1.82, 2.24) is 14.5 Å². The summed E-state index contributed by atoms with van der Waals surface area (Å²) in [6.45, 7) is 3.77. The van der Waals surface area contributed by atoms with Crippen LogP contribution in [0.2, 0.25) is 0 Å². The molecular weight excluding hydrogens is 255 g/mol. The zero-order chi connectivity index (χ0) is 14.3. The Kier molecular flexibility index (Phi) is 2.89. The zero-order valence-corrected chi connectivity index (χ0v) is 11.3. The van der Waals surface area contributed by atoms with Gasteiger partial charge in [0.2, 0.25) is 5.95 Å². The maximum Gasteiger partial charge on any atom is 0.201 e. The molecule has 1 aromatic carbocycles. The van der Waals surface area contributed by atoms with Crippen LogP contribution in [0.25, 0.3) is 11.0 Å². The van der Waals surface area contributed by atoms with Gasteiger partial charge in [0.1, 0.15) is 5.82 Å². The number of nitrogen functional groups attached to an aromatic ring is 1. The minimum Gasteiger partial charge on any atom is -0.369 e. The van der Waals surface area contributed by atoms with E-state index in [1.165, 1.54) is 6.07 Å². The van der Waals surface area contributed by atoms with Crippen molar-refractivity contribution in [3.63, 3.8) is 0 Å². The molecule has 0 fully saturated rings. The number of hydrogen-bond donors (Lipinski definition) is 1. The summed E-state index contributed by atoms with van der Waals surface area (Å²) in [6, 6.07) is 7.09. The van der Waals surface area contributed by atoms with E-state index >= 15 is 0 Å². The van der Waals surface area contributed by atoms with Gasteiger partial charge in [-0.3, -0.25) is 4.98 Å². The molecule has 0 aliphatic heterocycles. The van der Waals surface area contributed by atoms with Crippen LogP contribution in [0.5, 0.6) is 0 Å². The summed E-state index contributed by atoms with van der Waals surface area (Å²) in [6.07, 6.45) is 3.48. The average Bonchev–Trinajstić information content (AvgIpc) is 2.75. The number of aryl methyl sites for hydroxylation is 1. The summed E-state index contributed by atoms with van der Waals surface area (Å²) >= 11 is 0. The highest BCUT2D eigenvalue weighted by molar-refractivity contribution is 5.79. The van der Waals surface area contributed by atoms with Crippen LogP contribution in [0.15, 0.2) is 36.7 Å². The lowest BCUT2D eigenvalue weighted by Gasteiger charge is -2.16. The fourth-order valence-electron chi connectivity index (χ4n) is 2.44. The number of halogens is 1. The van der Waals surface area contributed by atoms with Crippen molar-refractivity contribution >= 4 is 17.0 Å². The van der Waals surface area contributed by atoms with Crippen LogP contribution in [-0.2, 0) is 0 Å². The Morgan fingerprint density at radius 3 is 2.65 bits per heavy atom. The summed E-state index contributed by atoms with van der Waals surface area (Å²) < 4.78 is 15.5. The first-order valence-corrected chi connectivity index (χ1v) is 6.41. The van der Waals surface area contributed by atoms with Crippen molar-refractivity contribution in [1.29, 1.82) is 0 Å². The van der Waals surface area contributed by atoms with E-state index in [1.54, 1.807) is 25.4 Å². The largest absolute Gasteiger partial charge is 0.369 e. The predicted octanol–water partition coefficient (Wildman–Crippen LogP) is 3.07. The Labute approximate surface area is 116 Å². The van der Waals surface area contributed by atoms with Gasteiger partial charge in [0.15, 0.2) is 0 Å². The number of benzene rings is 1. The van der Waals surface area contributed by atoms with Crippen molar-refractivity contribution in [3.8, 4) is 0 Å². The quantitative estimate of drug-likeness (QED) is 0.778. The molecule has 0 saturated carbocycles. The van der Waals surface area contributed by atoms with Gasteiger partial charge in [-0.1, -0.05) is 0 Å². The second-order valence-corrected chi connectivity index (χ2v) is 4.89. The molecule has 0 amide bonds. The smallest absolute Gasteiger partial charge is 0.201 e. The molecule has 3 aromatic rings. The Bertz CT molecular complexity index is 764. The van der Waals surface area contributed by atoms with Crippen molar-refractivity contribution in [2.75, 3.05) is 5.73 Å². The van der Waals surface area contributed by atoms with Crippen molar-refractivity contribution < 1.29 is 4.39 Å². The summed E-state index contributed by atoms with van der Waals surface area (Å²) in [7, 11) is 0. The Balaban J connectivity index is 2.21. The zero-order valence-electron chi connectivity index (χ0n) is 11.3. The van der Waals surface area contributed by atoms with Crippen LogP contribution in [0.4, 0.5) is 10.3 Å². The van der Waals surface area contributed by atoms with E-state index in [4.69, 9.17) is 5.73 Å². The first kappa shape index (κ1) is 12.6. The monoisotopic (exact) mass is 270 g/mol. The van der Waals surface area contributed by atoms with Crippen molar-refractivity contribution in [2.45, 2.75) is 19.9 Å². The molecule has 0 spiro atoms. The normalized spacial score (nSPS) is 12.8. The lowest BCUT2D eigenvalue weighted by molar-refractivity contribution is 0.619. The lowest BCUT2D eigenvalue weighted by atomic mass is 10.1. The number of anilines is 1. The van der Waals surface area contributed by atoms with E-state index in [-0.39, 0.29) is 11.9 Å². The summed E-state index contributed by atoms with van der Waals surface area (Å²) in [4.78, 5) is 8.26. The second-order valence-electron chi connectivity index (χ2n) is 4.89. The molecule has 4 nitrogen and oxygen atoms in total. The van der Waals surface area contributed by atoms with E-state index in [1.807, 2.05) is 23.6 Å². The van der Waals surface area contributed by atoms with E-state index < -0.39 is 0 Å². The van der Waals surface area contributed by atoms with E-state index in [0.717, 1.165) is 11.1 Å². The maximum atomic E-state index is 13.6. The first-order valence-electron chi connectivity index (χ1n) is 6.41. The van der Waals surface area contributed by atoms with Gasteiger partial charge in [0.25, 0.3) is 0 Å². The third-order valence-corrected chi connectivity index (χ3v) is 3.57. The molecule has 0 bridgehead atoms. The third-order valence-electron chi connectivity index (χ3n) is 3.57. The van der Waals surface area contributed by atoms with Crippen LogP contribution in [0.1, 0.15) is 24.1 Å². The highest BCUT2D eigenvalue weighted by atomic mass is 19.1. The van der Waals surface area contributed by atoms with Crippen molar-refractivity contribution in [2.24, 2.45) is 0 Å². The lowest BCUT2D eigenvalue weighted by Crippen LogP contribution is -2.10. The van der Waals surface area contributed by atoms with Crippen LogP contribution in [0, 0.1) is 12.7 Å². The van der Waals surface area contributed by atoms with Gasteiger partial charge in [-0.2, -0.15) is 0 Å². The molecule has 102 valence electrons. The van der Waals surface area contributed by atoms with Crippen LogP contribution < -0.4 is 5.73 Å². The minimum atomic E-state index is -0.265. The van der Waals surface area contributed by atoms with Crippen LogP contribution >= 0.6 is 0 Å². The molecular formula is C15H15FN4. The first-order chi connectivity index (χ1) is 9.58. The second kappa shape index (κ2) is 4.59. The molecule has 2 N–H and O–H groups in total. The van der Waals surface area contributed by atoms with Gasteiger partial charge in [0, 0.05) is 18.5 Å². The fraction of sp³-hybridized carbons (Fsp3) is 0.200. The average molecular weight is 270 g/mol. The van der Waals surface area contributed by atoms with Gasteiger partial charge in [-0.05, 0) is 43.2 Å². The fourth-order valence-corrected chi connectivity index (χ4v) is 2.44. The highest BCUT2D eigenvalue weighted by Crippen LogP contribution is 2.28. The standard InChI is InChI=1S/C15H15FN4/c1-9-7-14-13(8-12(9)16)19-15(17)20(14)10(2)11-3-5-18-6-4-11/h3-8,10H,1-2H3,(H2,17,19). The number of hydrogen-bond acceptors (Lipinski definition) is 3. The van der Waals surface area contributed by atoms with Crippen molar-refractivity contribution in [3.05, 3.63) is 53.6 Å². The molecule has 1 atom stereocenters. The number of nitrogens with zero attached hydrogens (tertiary/aromatic N) is 3. The maximum absolute atomic E-state index is 13.6. The summed E-state index contributed by atoms with van der Waals surface area (Å²) in [5.41, 5.74) is 9.08. The number of pyridine rings is 1. The Morgan fingerprint density at radius 1 is 1.25 bits per heavy atom. The van der Waals surface area contributed by atoms with Gasteiger partial charge in [0.05, 0.1) is 17.1 Å². The predicted molar refractivity (Wildman–Crippen MR) is 76.9 cm³/mol. The van der Waals surface area contributed by atoms with Gasteiger partial charge in [-0.25, -0.2) is 9.37 Å². The van der Waals surface area contributed by atoms with Gasteiger partial charge in [-0.15, -0.1) is 0 Å². The Morgan fingerprint density at radius 2 is 1.95 bits per heavy atom. The van der Waals surface area contributed by atoms with Gasteiger partial charge >= 0.3 is 0 Å². The number of imidazole rings is 1. The molecule has 0 aliphatic rings. The number of fused-ring (bicyclic) bond motifs is 1. The molecule has 0 saturated heterocycles. The topological polar surface area (TPSA) is 56.7 Å². The molecule has 2 aromatic heterocycles. The van der Waals surface area contributed by atoms with Crippen LogP contribution in [-0.4, -0.2) is 14.5 Å². The summed E-state index contributed by atoms with van der Waals surface area (Å²) in [5, 5.41) is 0. The SMILES string of the molecule is Cc1cc2c(cc1F)nc(N)n2C(C)c1ccncc1. The Hall–Kier alpha value is -2.43. The molecule has 0 radical (unpaired) electrons. The molecule has 0 aliphatic carbocycles. The van der Waals surface area contributed by atoms with E-state index in [9.17, 15) is 4.39 Å². The molecule has 5 heteroatoms. The van der Waals surface area contributed by atoms with E-state index in [2.05, 4.69) is 9.97 Å². The van der Waals surface area contributed by atoms with E-state index in [0.29, 0.717) is 17.0 Å². The molecule has 1 unspecified atom stereocenters. The number of nitrogens with two attached hydrogens (primary N) is 1. The highest BCUT2D eigenvalue weighted by Gasteiger charge is 2.16. The molecule has 2 heterocycles. The number of aromatic nitrogens is 3. The summed E-state index contributed by atoms with van der Waals surface area (Å²) in [5.74, 6) is 0.119. The third kappa shape index (κ3) is 1.91. The van der Waals surface area contributed by atoms with Crippen LogP contribution in [0.3, 0.4) is 0 Å². The van der Waals surface area contributed by atoms with Gasteiger partial charge < -0.3 is 10.3 Å². The minimum absolute atomic E-state index is 0.00728.